The van der Waals surface area contributed by atoms with Gasteiger partial charge in [0.05, 0.1) is 12.2 Å². The van der Waals surface area contributed by atoms with Gasteiger partial charge >= 0.3 is 0 Å². The second kappa shape index (κ2) is 4.46. The molecule has 0 fully saturated rings. The van der Waals surface area contributed by atoms with Crippen molar-refractivity contribution >= 4 is 22.5 Å². The van der Waals surface area contributed by atoms with Gasteiger partial charge in [-0.15, -0.1) is 0 Å². The Morgan fingerprint density at radius 3 is 2.89 bits per heavy atom. The van der Waals surface area contributed by atoms with Gasteiger partial charge in [0, 0.05) is 27.8 Å². The van der Waals surface area contributed by atoms with E-state index in [1.54, 1.807) is 0 Å². The standard InChI is InChI=1S/C15H13ClN2/c1-11-3-2-4-14(17-11)10-18-8-7-12-9-13(16)5-6-15(12)18/h2-9H,10H2,1H3. The monoisotopic (exact) mass is 256 g/mol. The van der Waals surface area contributed by atoms with E-state index in [1.807, 2.05) is 37.3 Å². The van der Waals surface area contributed by atoms with Crippen molar-refractivity contribution in [2.45, 2.75) is 13.5 Å². The lowest BCUT2D eigenvalue weighted by Gasteiger charge is -2.05. The summed E-state index contributed by atoms with van der Waals surface area (Å²) in [6.07, 6.45) is 2.07. The third-order valence-electron chi connectivity index (χ3n) is 3.01. The predicted octanol–water partition coefficient (Wildman–Crippen LogP) is 4.05. The molecule has 90 valence electrons. The van der Waals surface area contributed by atoms with Gasteiger partial charge < -0.3 is 4.57 Å². The van der Waals surface area contributed by atoms with Gasteiger partial charge in [0.2, 0.25) is 0 Å². The number of halogens is 1. The molecule has 3 aromatic rings. The van der Waals surface area contributed by atoms with E-state index in [1.165, 1.54) is 5.52 Å². The van der Waals surface area contributed by atoms with E-state index in [2.05, 4.69) is 27.9 Å². The average molecular weight is 257 g/mol. The number of hydrogen-bond donors (Lipinski definition) is 0. The Kier molecular flexibility index (Phi) is 2.80. The van der Waals surface area contributed by atoms with Crippen LogP contribution in [0.2, 0.25) is 5.02 Å². The maximum Gasteiger partial charge on any atom is 0.0648 e. The van der Waals surface area contributed by atoms with Crippen LogP contribution >= 0.6 is 11.6 Å². The zero-order chi connectivity index (χ0) is 12.5. The van der Waals surface area contributed by atoms with Crippen LogP contribution in [0.15, 0.2) is 48.7 Å². The molecule has 18 heavy (non-hydrogen) atoms. The SMILES string of the molecule is Cc1cccc(Cn2ccc3cc(Cl)ccc32)n1. The normalized spacial score (nSPS) is 11.0. The molecule has 2 aromatic heterocycles. The molecule has 0 aliphatic heterocycles. The number of fused-ring (bicyclic) bond motifs is 1. The second-order valence-electron chi connectivity index (χ2n) is 4.42. The van der Waals surface area contributed by atoms with Gasteiger partial charge in [-0.25, -0.2) is 0 Å². The first-order valence-electron chi connectivity index (χ1n) is 5.89. The van der Waals surface area contributed by atoms with Gasteiger partial charge in [-0.3, -0.25) is 4.98 Å². The van der Waals surface area contributed by atoms with E-state index < -0.39 is 0 Å². The second-order valence-corrected chi connectivity index (χ2v) is 4.85. The molecule has 0 saturated heterocycles. The van der Waals surface area contributed by atoms with Gasteiger partial charge in [-0.05, 0) is 43.3 Å². The molecule has 1 aromatic carbocycles. The van der Waals surface area contributed by atoms with Gasteiger partial charge in [-0.1, -0.05) is 17.7 Å². The molecule has 0 aliphatic carbocycles. The fourth-order valence-corrected chi connectivity index (χ4v) is 2.35. The van der Waals surface area contributed by atoms with Crippen molar-refractivity contribution in [3.05, 3.63) is 65.1 Å². The van der Waals surface area contributed by atoms with E-state index in [4.69, 9.17) is 11.6 Å². The Labute approximate surface area is 111 Å². The minimum atomic E-state index is 0.772. The lowest BCUT2D eigenvalue weighted by molar-refractivity contribution is 0.802. The van der Waals surface area contributed by atoms with E-state index in [-0.39, 0.29) is 0 Å². The molecule has 0 bridgehead atoms. The molecule has 3 rings (SSSR count). The smallest absolute Gasteiger partial charge is 0.0648 e. The number of aromatic nitrogens is 2. The highest BCUT2D eigenvalue weighted by atomic mass is 35.5. The van der Waals surface area contributed by atoms with Gasteiger partial charge in [0.25, 0.3) is 0 Å². The largest absolute Gasteiger partial charge is 0.341 e. The fraction of sp³-hybridized carbons (Fsp3) is 0.133. The molecule has 0 N–H and O–H groups in total. The molecule has 0 saturated carbocycles. The molecule has 2 heterocycles. The summed E-state index contributed by atoms with van der Waals surface area (Å²) in [4.78, 5) is 4.53. The van der Waals surface area contributed by atoms with Gasteiger partial charge in [0.15, 0.2) is 0 Å². The number of hydrogen-bond acceptors (Lipinski definition) is 1. The molecule has 0 atom stereocenters. The van der Waals surface area contributed by atoms with Crippen LogP contribution in [0.5, 0.6) is 0 Å². The van der Waals surface area contributed by atoms with Crippen molar-refractivity contribution in [3.8, 4) is 0 Å². The zero-order valence-electron chi connectivity index (χ0n) is 10.1. The summed E-state index contributed by atoms with van der Waals surface area (Å²) in [5, 5.41) is 1.93. The van der Waals surface area contributed by atoms with Crippen molar-refractivity contribution in [1.29, 1.82) is 0 Å². The molecular weight excluding hydrogens is 244 g/mol. The van der Waals surface area contributed by atoms with E-state index >= 15 is 0 Å². The minimum absolute atomic E-state index is 0.772. The fourth-order valence-electron chi connectivity index (χ4n) is 2.17. The van der Waals surface area contributed by atoms with Crippen LogP contribution in [-0.2, 0) is 6.54 Å². The van der Waals surface area contributed by atoms with Crippen molar-refractivity contribution in [3.63, 3.8) is 0 Å². The van der Waals surface area contributed by atoms with Crippen molar-refractivity contribution in [1.82, 2.24) is 9.55 Å². The molecular formula is C15H13ClN2. The van der Waals surface area contributed by atoms with Crippen molar-refractivity contribution < 1.29 is 0 Å². The Morgan fingerprint density at radius 1 is 1.17 bits per heavy atom. The third-order valence-corrected chi connectivity index (χ3v) is 3.25. The van der Waals surface area contributed by atoms with Crippen molar-refractivity contribution in [2.24, 2.45) is 0 Å². The third kappa shape index (κ3) is 2.12. The van der Waals surface area contributed by atoms with E-state index in [9.17, 15) is 0 Å². The maximum atomic E-state index is 5.99. The summed E-state index contributed by atoms with van der Waals surface area (Å²) in [6, 6.07) is 14.1. The predicted molar refractivity (Wildman–Crippen MR) is 75.0 cm³/mol. The summed E-state index contributed by atoms with van der Waals surface area (Å²) in [7, 11) is 0. The Hall–Kier alpha value is -1.80. The zero-order valence-corrected chi connectivity index (χ0v) is 10.9. The summed E-state index contributed by atoms with van der Waals surface area (Å²) in [5.41, 5.74) is 3.30. The minimum Gasteiger partial charge on any atom is -0.341 e. The Bertz CT molecular complexity index is 701. The molecule has 0 unspecified atom stereocenters. The topological polar surface area (TPSA) is 17.8 Å². The van der Waals surface area contributed by atoms with Crippen LogP contribution in [0.4, 0.5) is 0 Å². The number of nitrogens with zero attached hydrogens (tertiary/aromatic N) is 2. The van der Waals surface area contributed by atoms with Crippen LogP contribution in [0.3, 0.4) is 0 Å². The summed E-state index contributed by atoms with van der Waals surface area (Å²) in [6.45, 7) is 2.80. The molecule has 3 heteroatoms. The van der Waals surface area contributed by atoms with Crippen molar-refractivity contribution in [2.75, 3.05) is 0 Å². The summed E-state index contributed by atoms with van der Waals surface area (Å²) in [5.74, 6) is 0. The Balaban J connectivity index is 2.00. The molecule has 0 spiro atoms. The first kappa shape index (κ1) is 11.3. The first-order valence-corrected chi connectivity index (χ1v) is 6.27. The van der Waals surface area contributed by atoms with Crippen LogP contribution in [0.1, 0.15) is 11.4 Å². The highest BCUT2D eigenvalue weighted by Gasteiger charge is 2.03. The highest BCUT2D eigenvalue weighted by Crippen LogP contribution is 2.21. The molecule has 0 amide bonds. The molecule has 0 radical (unpaired) electrons. The van der Waals surface area contributed by atoms with Gasteiger partial charge in [0.1, 0.15) is 0 Å². The number of benzene rings is 1. The average Bonchev–Trinajstić information content (AvgIpc) is 2.72. The van der Waals surface area contributed by atoms with Crippen LogP contribution in [0.25, 0.3) is 10.9 Å². The molecule has 0 aliphatic rings. The lowest BCUT2D eigenvalue weighted by atomic mass is 10.2. The lowest BCUT2D eigenvalue weighted by Crippen LogP contribution is -2.00. The van der Waals surface area contributed by atoms with E-state index in [0.717, 1.165) is 28.3 Å². The summed E-state index contributed by atoms with van der Waals surface area (Å²) >= 11 is 5.99. The van der Waals surface area contributed by atoms with Crippen LogP contribution < -0.4 is 0 Å². The first-order chi connectivity index (χ1) is 8.72. The number of rotatable bonds is 2. The van der Waals surface area contributed by atoms with Crippen LogP contribution in [0, 0.1) is 6.92 Å². The molecule has 2 nitrogen and oxygen atoms in total. The highest BCUT2D eigenvalue weighted by molar-refractivity contribution is 6.31. The summed E-state index contributed by atoms with van der Waals surface area (Å²) < 4.78 is 2.19. The van der Waals surface area contributed by atoms with Gasteiger partial charge in [-0.2, -0.15) is 0 Å². The Morgan fingerprint density at radius 2 is 2.06 bits per heavy atom. The quantitative estimate of drug-likeness (QED) is 0.676. The van der Waals surface area contributed by atoms with E-state index in [0.29, 0.717) is 0 Å². The van der Waals surface area contributed by atoms with Crippen LogP contribution in [-0.4, -0.2) is 9.55 Å². The maximum absolute atomic E-state index is 5.99. The number of aryl methyl sites for hydroxylation is 1. The number of pyridine rings is 1.